The summed E-state index contributed by atoms with van der Waals surface area (Å²) in [6, 6.07) is 20.2. The Bertz CT molecular complexity index is 1010. The minimum atomic E-state index is -0.473. The molecule has 27 heavy (non-hydrogen) atoms. The fourth-order valence-corrected chi connectivity index (χ4v) is 2.73. The Labute approximate surface area is 158 Å². The third kappa shape index (κ3) is 4.23. The molecule has 3 aromatic carbocycles. The molecule has 0 bridgehead atoms. The summed E-state index contributed by atoms with van der Waals surface area (Å²) in [7, 11) is 3.97. The zero-order valence-electron chi connectivity index (χ0n) is 15.4. The molecule has 0 fully saturated rings. The second kappa shape index (κ2) is 7.87. The third-order valence-electron chi connectivity index (χ3n) is 4.31. The van der Waals surface area contributed by atoms with Gasteiger partial charge in [-0.2, -0.15) is 0 Å². The Balaban J connectivity index is 1.70. The summed E-state index contributed by atoms with van der Waals surface area (Å²) in [6.07, 6.45) is 0. The SMILES string of the molecule is C=C(COC(=O)c1ccccc1)C(=O)c1ccc2cc(N(C)C)ccc2c1. The lowest BCUT2D eigenvalue weighted by Gasteiger charge is -2.13. The number of rotatable bonds is 6. The smallest absolute Gasteiger partial charge is 0.338 e. The Hall–Kier alpha value is -3.40. The lowest BCUT2D eigenvalue weighted by atomic mass is 10.0. The second-order valence-electron chi connectivity index (χ2n) is 6.52. The number of esters is 1. The van der Waals surface area contributed by atoms with Gasteiger partial charge in [-0.3, -0.25) is 4.79 Å². The van der Waals surface area contributed by atoms with Crippen molar-refractivity contribution in [1.29, 1.82) is 0 Å². The van der Waals surface area contributed by atoms with Crippen molar-refractivity contribution in [3.8, 4) is 0 Å². The van der Waals surface area contributed by atoms with Crippen LogP contribution in [0.1, 0.15) is 20.7 Å². The van der Waals surface area contributed by atoms with E-state index in [9.17, 15) is 9.59 Å². The quantitative estimate of drug-likeness (QED) is 0.369. The van der Waals surface area contributed by atoms with Gasteiger partial charge in [0.05, 0.1) is 5.56 Å². The monoisotopic (exact) mass is 359 g/mol. The first kappa shape index (κ1) is 18.4. The summed E-state index contributed by atoms with van der Waals surface area (Å²) in [5.41, 5.74) is 2.31. The van der Waals surface area contributed by atoms with Crippen LogP contribution in [-0.4, -0.2) is 32.5 Å². The molecule has 0 N–H and O–H groups in total. The number of anilines is 1. The van der Waals surface area contributed by atoms with E-state index in [0.717, 1.165) is 16.5 Å². The number of Topliss-reactive ketones (excluding diaryl/α,β-unsaturated/α-hetero) is 1. The van der Waals surface area contributed by atoms with E-state index in [2.05, 4.69) is 12.6 Å². The zero-order valence-corrected chi connectivity index (χ0v) is 15.4. The standard InChI is InChI=1S/C23H21NO3/c1-16(15-27-23(26)17-7-5-4-6-8-17)22(25)20-10-9-19-14-21(24(2)3)12-11-18(19)13-20/h4-14H,1,15H2,2-3H3. The number of nitrogens with zero attached hydrogens (tertiary/aromatic N) is 1. The zero-order chi connectivity index (χ0) is 19.4. The van der Waals surface area contributed by atoms with Gasteiger partial charge in [0.1, 0.15) is 6.61 Å². The van der Waals surface area contributed by atoms with Gasteiger partial charge in [-0.15, -0.1) is 0 Å². The van der Waals surface area contributed by atoms with Crippen LogP contribution in [0.15, 0.2) is 78.9 Å². The lowest BCUT2D eigenvalue weighted by molar-refractivity contribution is 0.0537. The fourth-order valence-electron chi connectivity index (χ4n) is 2.73. The highest BCUT2D eigenvalue weighted by Crippen LogP contribution is 2.23. The van der Waals surface area contributed by atoms with Gasteiger partial charge < -0.3 is 9.64 Å². The molecule has 0 aliphatic heterocycles. The molecule has 0 aliphatic rings. The van der Waals surface area contributed by atoms with E-state index in [1.807, 2.05) is 49.3 Å². The van der Waals surface area contributed by atoms with Crippen molar-refractivity contribution in [2.45, 2.75) is 0 Å². The number of carbonyl (C=O) groups is 2. The Morgan fingerprint density at radius 2 is 1.56 bits per heavy atom. The molecule has 0 unspecified atom stereocenters. The lowest BCUT2D eigenvalue weighted by Crippen LogP contribution is -2.13. The van der Waals surface area contributed by atoms with E-state index in [4.69, 9.17) is 4.74 Å². The topological polar surface area (TPSA) is 46.6 Å². The van der Waals surface area contributed by atoms with E-state index in [1.165, 1.54) is 0 Å². The first-order valence-corrected chi connectivity index (χ1v) is 8.61. The summed E-state index contributed by atoms with van der Waals surface area (Å²) in [5, 5.41) is 2.03. The Morgan fingerprint density at radius 1 is 0.889 bits per heavy atom. The predicted molar refractivity (Wildman–Crippen MR) is 108 cm³/mol. The molecule has 0 saturated carbocycles. The van der Waals surface area contributed by atoms with Crippen molar-refractivity contribution in [3.63, 3.8) is 0 Å². The minimum absolute atomic E-state index is 0.135. The number of fused-ring (bicyclic) bond motifs is 1. The second-order valence-corrected chi connectivity index (χ2v) is 6.52. The van der Waals surface area contributed by atoms with Crippen LogP contribution < -0.4 is 4.90 Å². The van der Waals surface area contributed by atoms with Gasteiger partial charge in [0.2, 0.25) is 0 Å². The normalized spacial score (nSPS) is 10.4. The maximum atomic E-state index is 12.6. The summed E-state index contributed by atoms with van der Waals surface area (Å²) >= 11 is 0. The number of carbonyl (C=O) groups excluding carboxylic acids is 2. The maximum absolute atomic E-state index is 12.6. The van der Waals surface area contributed by atoms with E-state index in [0.29, 0.717) is 11.1 Å². The van der Waals surface area contributed by atoms with Gasteiger partial charge >= 0.3 is 5.97 Å². The van der Waals surface area contributed by atoms with Gasteiger partial charge in [-0.1, -0.05) is 43.0 Å². The maximum Gasteiger partial charge on any atom is 0.338 e. The molecular weight excluding hydrogens is 338 g/mol. The van der Waals surface area contributed by atoms with Crippen molar-refractivity contribution in [3.05, 3.63) is 90.0 Å². The van der Waals surface area contributed by atoms with Crippen LogP contribution in [0.2, 0.25) is 0 Å². The Kier molecular flexibility index (Phi) is 5.36. The summed E-state index contributed by atoms with van der Waals surface area (Å²) < 4.78 is 5.20. The molecule has 0 spiro atoms. The van der Waals surface area contributed by atoms with Crippen LogP contribution in [0.3, 0.4) is 0 Å². The molecular formula is C23H21NO3. The predicted octanol–water partition coefficient (Wildman–Crippen LogP) is 4.50. The summed E-state index contributed by atoms with van der Waals surface area (Å²) in [6.45, 7) is 3.65. The van der Waals surface area contributed by atoms with Gasteiger partial charge in [0.25, 0.3) is 0 Å². The largest absolute Gasteiger partial charge is 0.457 e. The molecule has 0 aliphatic carbocycles. The van der Waals surface area contributed by atoms with Crippen LogP contribution in [0.25, 0.3) is 10.8 Å². The molecule has 0 aromatic heterocycles. The molecule has 0 radical (unpaired) electrons. The van der Waals surface area contributed by atoms with Crippen molar-refractivity contribution in [2.75, 3.05) is 25.6 Å². The van der Waals surface area contributed by atoms with E-state index >= 15 is 0 Å². The number of hydrogen-bond donors (Lipinski definition) is 0. The van der Waals surface area contributed by atoms with Gasteiger partial charge in [-0.05, 0) is 41.1 Å². The van der Waals surface area contributed by atoms with E-state index in [-0.39, 0.29) is 18.0 Å². The van der Waals surface area contributed by atoms with E-state index in [1.54, 1.807) is 30.3 Å². The summed E-state index contributed by atoms with van der Waals surface area (Å²) in [4.78, 5) is 26.6. The highest BCUT2D eigenvalue weighted by Gasteiger charge is 2.14. The molecule has 4 nitrogen and oxygen atoms in total. The summed E-state index contributed by atoms with van der Waals surface area (Å²) in [5.74, 6) is -0.700. The average Bonchev–Trinajstić information content (AvgIpc) is 2.70. The number of ether oxygens (including phenoxy) is 1. The first-order valence-electron chi connectivity index (χ1n) is 8.61. The van der Waals surface area contributed by atoms with Crippen LogP contribution in [0.5, 0.6) is 0 Å². The van der Waals surface area contributed by atoms with Crippen molar-refractivity contribution >= 4 is 28.2 Å². The molecule has 0 saturated heterocycles. The molecule has 0 atom stereocenters. The minimum Gasteiger partial charge on any atom is -0.457 e. The number of benzene rings is 3. The van der Waals surface area contributed by atoms with Crippen LogP contribution in [0, 0.1) is 0 Å². The fraction of sp³-hybridized carbons (Fsp3) is 0.130. The van der Waals surface area contributed by atoms with Crippen LogP contribution in [0.4, 0.5) is 5.69 Å². The van der Waals surface area contributed by atoms with Gasteiger partial charge in [0, 0.05) is 30.9 Å². The molecule has 3 aromatic rings. The van der Waals surface area contributed by atoms with Crippen molar-refractivity contribution in [1.82, 2.24) is 0 Å². The highest BCUT2D eigenvalue weighted by molar-refractivity contribution is 6.10. The Morgan fingerprint density at radius 3 is 2.26 bits per heavy atom. The van der Waals surface area contributed by atoms with Crippen LogP contribution in [-0.2, 0) is 4.74 Å². The molecule has 136 valence electrons. The molecule has 0 amide bonds. The van der Waals surface area contributed by atoms with Gasteiger partial charge in [0.15, 0.2) is 5.78 Å². The van der Waals surface area contributed by atoms with Crippen LogP contribution >= 0.6 is 0 Å². The number of hydrogen-bond acceptors (Lipinski definition) is 4. The highest BCUT2D eigenvalue weighted by atomic mass is 16.5. The van der Waals surface area contributed by atoms with E-state index < -0.39 is 5.97 Å². The third-order valence-corrected chi connectivity index (χ3v) is 4.31. The average molecular weight is 359 g/mol. The first-order chi connectivity index (χ1) is 13.0. The van der Waals surface area contributed by atoms with Crippen molar-refractivity contribution in [2.24, 2.45) is 0 Å². The number of ketones is 1. The van der Waals surface area contributed by atoms with Crippen molar-refractivity contribution < 1.29 is 14.3 Å². The molecule has 3 rings (SSSR count). The van der Waals surface area contributed by atoms with Gasteiger partial charge in [-0.25, -0.2) is 4.79 Å². The molecule has 4 heteroatoms. The molecule has 0 heterocycles.